The maximum Gasteiger partial charge on any atom is 0.270 e. The number of hydrogen-bond donors (Lipinski definition) is 1. The van der Waals surface area contributed by atoms with Crippen LogP contribution >= 0.6 is 0 Å². The average Bonchev–Trinajstić information content (AvgIpc) is 2.20. The Labute approximate surface area is 85.9 Å². The molecular formula is C9H10N2O4. The molecule has 1 N–H and O–H groups in total. The summed E-state index contributed by atoms with van der Waals surface area (Å²) in [5, 5.41) is 23.3. The molecule has 0 heterocycles. The molecule has 0 radical (unpaired) electrons. The van der Waals surface area contributed by atoms with Crippen molar-refractivity contribution < 1.29 is 14.9 Å². The fraction of sp³-hybridized carbons (Fsp3) is 0.222. The van der Waals surface area contributed by atoms with E-state index in [0.717, 1.165) is 0 Å². The van der Waals surface area contributed by atoms with Gasteiger partial charge in [-0.1, -0.05) is 5.16 Å². The van der Waals surface area contributed by atoms with Crippen molar-refractivity contribution in [2.45, 2.75) is 6.92 Å². The monoisotopic (exact) mass is 210 g/mol. The summed E-state index contributed by atoms with van der Waals surface area (Å²) >= 11 is 0. The fourth-order valence-corrected chi connectivity index (χ4v) is 0.927. The minimum absolute atomic E-state index is 0.0796. The van der Waals surface area contributed by atoms with Crippen molar-refractivity contribution in [1.29, 1.82) is 0 Å². The minimum Gasteiger partial charge on any atom is -0.507 e. The molecule has 15 heavy (non-hydrogen) atoms. The van der Waals surface area contributed by atoms with E-state index in [1.54, 1.807) is 6.92 Å². The van der Waals surface area contributed by atoms with E-state index in [9.17, 15) is 15.2 Å². The Balaban J connectivity index is 2.95. The van der Waals surface area contributed by atoms with Crippen molar-refractivity contribution in [1.82, 2.24) is 0 Å². The van der Waals surface area contributed by atoms with E-state index < -0.39 is 4.92 Å². The Morgan fingerprint density at radius 3 is 3.00 bits per heavy atom. The zero-order valence-corrected chi connectivity index (χ0v) is 8.08. The van der Waals surface area contributed by atoms with Gasteiger partial charge in [0, 0.05) is 17.7 Å². The van der Waals surface area contributed by atoms with Gasteiger partial charge < -0.3 is 9.94 Å². The second-order valence-electron chi connectivity index (χ2n) is 2.65. The molecule has 0 aliphatic carbocycles. The number of hydrogen-bond acceptors (Lipinski definition) is 5. The number of nitro benzene ring substituents is 1. The Morgan fingerprint density at radius 2 is 2.40 bits per heavy atom. The lowest BCUT2D eigenvalue weighted by atomic mass is 10.2. The van der Waals surface area contributed by atoms with Crippen molar-refractivity contribution in [2.75, 3.05) is 6.61 Å². The van der Waals surface area contributed by atoms with Gasteiger partial charge in [0.05, 0.1) is 11.1 Å². The molecule has 6 nitrogen and oxygen atoms in total. The van der Waals surface area contributed by atoms with Crippen LogP contribution in [0.25, 0.3) is 0 Å². The van der Waals surface area contributed by atoms with Crippen LogP contribution in [0.1, 0.15) is 12.5 Å². The summed E-state index contributed by atoms with van der Waals surface area (Å²) in [6.07, 6.45) is 1.23. The van der Waals surface area contributed by atoms with Crippen LogP contribution in [0.3, 0.4) is 0 Å². The quantitative estimate of drug-likeness (QED) is 0.465. The SMILES string of the molecule is CCON=Cc1cc([N+](=O)[O-])ccc1O. The van der Waals surface area contributed by atoms with Gasteiger partial charge in [0.15, 0.2) is 0 Å². The van der Waals surface area contributed by atoms with Crippen LogP contribution in [-0.4, -0.2) is 22.9 Å². The molecule has 0 amide bonds. The van der Waals surface area contributed by atoms with E-state index in [0.29, 0.717) is 6.61 Å². The predicted molar refractivity (Wildman–Crippen MR) is 54.0 cm³/mol. The fourth-order valence-electron chi connectivity index (χ4n) is 0.927. The highest BCUT2D eigenvalue weighted by molar-refractivity contribution is 5.84. The van der Waals surface area contributed by atoms with Gasteiger partial charge in [-0.25, -0.2) is 0 Å². The molecule has 1 aromatic carbocycles. The molecule has 0 saturated carbocycles. The Morgan fingerprint density at radius 1 is 1.67 bits per heavy atom. The normalized spacial score (nSPS) is 10.5. The Hall–Kier alpha value is -2.11. The lowest BCUT2D eigenvalue weighted by Crippen LogP contribution is -1.91. The molecule has 0 aliphatic heterocycles. The van der Waals surface area contributed by atoms with Gasteiger partial charge in [-0.15, -0.1) is 0 Å². The lowest BCUT2D eigenvalue weighted by molar-refractivity contribution is -0.384. The van der Waals surface area contributed by atoms with Gasteiger partial charge in [-0.3, -0.25) is 10.1 Å². The first-order chi connectivity index (χ1) is 7.15. The van der Waals surface area contributed by atoms with Crippen LogP contribution in [0.15, 0.2) is 23.4 Å². The number of rotatable bonds is 4. The van der Waals surface area contributed by atoms with E-state index in [4.69, 9.17) is 0 Å². The number of aromatic hydroxyl groups is 1. The zero-order valence-electron chi connectivity index (χ0n) is 8.08. The van der Waals surface area contributed by atoms with Crippen molar-refractivity contribution in [3.8, 4) is 5.75 Å². The molecule has 0 atom stereocenters. The molecule has 1 rings (SSSR count). The lowest BCUT2D eigenvalue weighted by Gasteiger charge is -1.98. The van der Waals surface area contributed by atoms with E-state index in [-0.39, 0.29) is 17.0 Å². The smallest absolute Gasteiger partial charge is 0.270 e. The van der Waals surface area contributed by atoms with Gasteiger partial charge in [-0.05, 0) is 13.0 Å². The minimum atomic E-state index is -0.544. The summed E-state index contributed by atoms with van der Waals surface area (Å²) in [5.41, 5.74) is 0.142. The van der Waals surface area contributed by atoms with Crippen molar-refractivity contribution in [2.24, 2.45) is 5.16 Å². The van der Waals surface area contributed by atoms with Crippen LogP contribution in [0.4, 0.5) is 5.69 Å². The van der Waals surface area contributed by atoms with Gasteiger partial charge in [0.2, 0.25) is 0 Å². The number of phenolic OH excluding ortho intramolecular Hbond substituents is 1. The molecule has 0 aliphatic rings. The topological polar surface area (TPSA) is 85.0 Å². The first-order valence-electron chi connectivity index (χ1n) is 4.28. The highest BCUT2D eigenvalue weighted by Crippen LogP contribution is 2.21. The van der Waals surface area contributed by atoms with E-state index in [1.165, 1.54) is 24.4 Å². The van der Waals surface area contributed by atoms with Crippen LogP contribution in [0, 0.1) is 10.1 Å². The average molecular weight is 210 g/mol. The summed E-state index contributed by atoms with van der Waals surface area (Å²) in [6.45, 7) is 2.15. The van der Waals surface area contributed by atoms with Crippen LogP contribution in [0.5, 0.6) is 5.75 Å². The molecular weight excluding hydrogens is 200 g/mol. The van der Waals surface area contributed by atoms with Crippen molar-refractivity contribution >= 4 is 11.9 Å². The summed E-state index contributed by atoms with van der Waals surface area (Å²) in [7, 11) is 0. The van der Waals surface area contributed by atoms with Crippen LogP contribution < -0.4 is 0 Å². The van der Waals surface area contributed by atoms with Gasteiger partial charge in [0.1, 0.15) is 12.4 Å². The highest BCUT2D eigenvalue weighted by atomic mass is 16.6. The maximum absolute atomic E-state index is 10.4. The van der Waals surface area contributed by atoms with Crippen LogP contribution in [0.2, 0.25) is 0 Å². The molecule has 0 saturated heterocycles. The highest BCUT2D eigenvalue weighted by Gasteiger charge is 2.08. The third-order valence-corrected chi connectivity index (χ3v) is 1.62. The third kappa shape index (κ3) is 2.94. The summed E-state index contributed by atoms with van der Waals surface area (Å²) in [4.78, 5) is 14.6. The molecule has 0 bridgehead atoms. The molecule has 80 valence electrons. The standard InChI is InChI=1S/C9H10N2O4/c1-2-15-10-6-7-5-8(11(13)14)3-4-9(7)12/h3-6,12H,2H2,1H3. The molecule has 0 fully saturated rings. The molecule has 0 aromatic heterocycles. The zero-order chi connectivity index (χ0) is 11.3. The van der Waals surface area contributed by atoms with Gasteiger partial charge in [0.25, 0.3) is 5.69 Å². The van der Waals surface area contributed by atoms with Crippen molar-refractivity contribution in [3.63, 3.8) is 0 Å². The first kappa shape index (κ1) is 11.0. The number of phenols is 1. The van der Waals surface area contributed by atoms with E-state index in [2.05, 4.69) is 9.99 Å². The molecule has 1 aromatic rings. The second kappa shape index (κ2) is 4.94. The van der Waals surface area contributed by atoms with Crippen LogP contribution in [-0.2, 0) is 4.84 Å². The Kier molecular flexibility index (Phi) is 3.61. The number of nitro groups is 1. The number of oxime groups is 1. The maximum atomic E-state index is 10.4. The van der Waals surface area contributed by atoms with E-state index >= 15 is 0 Å². The van der Waals surface area contributed by atoms with Crippen molar-refractivity contribution in [3.05, 3.63) is 33.9 Å². The summed E-state index contributed by atoms with van der Waals surface area (Å²) < 4.78 is 0. The summed E-state index contributed by atoms with van der Waals surface area (Å²) in [5.74, 6) is -0.0796. The predicted octanol–water partition coefficient (Wildman–Crippen LogP) is 1.67. The number of non-ortho nitro benzene ring substituents is 1. The number of benzene rings is 1. The largest absolute Gasteiger partial charge is 0.507 e. The molecule has 6 heteroatoms. The molecule has 0 spiro atoms. The third-order valence-electron chi connectivity index (χ3n) is 1.62. The summed E-state index contributed by atoms with van der Waals surface area (Å²) in [6, 6.07) is 3.68. The second-order valence-corrected chi connectivity index (χ2v) is 2.65. The Bertz CT molecular complexity index is 390. The first-order valence-corrected chi connectivity index (χ1v) is 4.28. The van der Waals surface area contributed by atoms with Gasteiger partial charge in [-0.2, -0.15) is 0 Å². The van der Waals surface area contributed by atoms with Gasteiger partial charge >= 0.3 is 0 Å². The van der Waals surface area contributed by atoms with E-state index in [1.807, 2.05) is 0 Å². The molecule has 0 unspecified atom stereocenters. The number of nitrogens with zero attached hydrogens (tertiary/aromatic N) is 2.